The predicted molar refractivity (Wildman–Crippen MR) is 69.2 cm³/mol. The summed E-state index contributed by atoms with van der Waals surface area (Å²) in [6, 6.07) is 10.3. The van der Waals surface area contributed by atoms with Crippen molar-refractivity contribution < 1.29 is 13.5 Å². The molecule has 0 bridgehead atoms. The van der Waals surface area contributed by atoms with E-state index < -0.39 is 11.6 Å². The van der Waals surface area contributed by atoms with Gasteiger partial charge in [0.25, 0.3) is 0 Å². The first-order valence-corrected chi connectivity index (χ1v) is 5.98. The summed E-state index contributed by atoms with van der Waals surface area (Å²) in [5.41, 5.74) is 6.34. The zero-order chi connectivity index (χ0) is 13.1. The molecule has 0 atom stereocenters. The Hall–Kier alpha value is -1.62. The molecule has 0 aliphatic heterocycles. The summed E-state index contributed by atoms with van der Waals surface area (Å²) in [5, 5.41) is 0. The third kappa shape index (κ3) is 2.61. The quantitative estimate of drug-likeness (QED) is 0.689. The van der Waals surface area contributed by atoms with E-state index in [1.54, 1.807) is 0 Å². The third-order valence-corrected chi connectivity index (χ3v) is 3.10. The SMILES string of the molecule is Nc1cc(F)c(Br)c(F)c1OCc1ccccc1. The molecule has 0 heterocycles. The lowest BCUT2D eigenvalue weighted by molar-refractivity contribution is 0.290. The normalized spacial score (nSPS) is 10.4. The van der Waals surface area contributed by atoms with E-state index in [2.05, 4.69) is 15.9 Å². The maximum Gasteiger partial charge on any atom is 0.184 e. The van der Waals surface area contributed by atoms with Crippen LogP contribution in [0.3, 0.4) is 0 Å². The Morgan fingerprint density at radius 3 is 2.50 bits per heavy atom. The minimum atomic E-state index is -0.830. The van der Waals surface area contributed by atoms with Gasteiger partial charge in [-0.15, -0.1) is 0 Å². The molecule has 94 valence electrons. The van der Waals surface area contributed by atoms with Gasteiger partial charge in [-0.3, -0.25) is 0 Å². The highest BCUT2D eigenvalue weighted by Crippen LogP contribution is 2.33. The van der Waals surface area contributed by atoms with E-state index in [4.69, 9.17) is 10.5 Å². The van der Waals surface area contributed by atoms with Gasteiger partial charge in [0.15, 0.2) is 11.6 Å². The molecule has 0 spiro atoms. The first-order valence-electron chi connectivity index (χ1n) is 5.19. The molecule has 2 rings (SSSR count). The maximum atomic E-state index is 13.7. The van der Waals surface area contributed by atoms with Crippen LogP contribution in [0.5, 0.6) is 5.75 Å². The topological polar surface area (TPSA) is 35.2 Å². The van der Waals surface area contributed by atoms with Crippen LogP contribution in [0.15, 0.2) is 40.9 Å². The number of hydrogen-bond acceptors (Lipinski definition) is 2. The Kier molecular flexibility index (Phi) is 3.81. The van der Waals surface area contributed by atoms with E-state index in [-0.39, 0.29) is 22.5 Å². The second-order valence-electron chi connectivity index (χ2n) is 3.68. The van der Waals surface area contributed by atoms with Crippen LogP contribution in [0.2, 0.25) is 0 Å². The van der Waals surface area contributed by atoms with Gasteiger partial charge in [0.2, 0.25) is 0 Å². The standard InChI is InChI=1S/C13H10BrF2NO/c14-11-9(15)6-10(17)13(12(11)16)18-7-8-4-2-1-3-5-8/h1-6H,7,17H2. The molecule has 18 heavy (non-hydrogen) atoms. The van der Waals surface area contributed by atoms with Gasteiger partial charge in [-0.25, -0.2) is 8.78 Å². The molecule has 0 radical (unpaired) electrons. The zero-order valence-electron chi connectivity index (χ0n) is 9.29. The number of benzene rings is 2. The summed E-state index contributed by atoms with van der Waals surface area (Å²) in [4.78, 5) is 0. The molecule has 0 fully saturated rings. The highest BCUT2D eigenvalue weighted by molar-refractivity contribution is 9.10. The van der Waals surface area contributed by atoms with Crippen LogP contribution in [0.4, 0.5) is 14.5 Å². The van der Waals surface area contributed by atoms with Gasteiger partial charge < -0.3 is 10.5 Å². The molecular weight excluding hydrogens is 304 g/mol. The fourth-order valence-corrected chi connectivity index (χ4v) is 1.77. The molecule has 0 aliphatic carbocycles. The number of hydrogen-bond donors (Lipinski definition) is 1. The zero-order valence-corrected chi connectivity index (χ0v) is 10.9. The fraction of sp³-hybridized carbons (Fsp3) is 0.0769. The molecule has 0 aromatic heterocycles. The molecule has 0 aliphatic rings. The third-order valence-electron chi connectivity index (χ3n) is 2.37. The largest absolute Gasteiger partial charge is 0.484 e. The number of nitrogens with two attached hydrogens (primary N) is 1. The Bertz CT molecular complexity index is 561. The summed E-state index contributed by atoms with van der Waals surface area (Å²) in [5.74, 6) is -1.73. The number of nitrogen functional groups attached to an aromatic ring is 1. The first-order chi connectivity index (χ1) is 8.59. The monoisotopic (exact) mass is 313 g/mol. The fourth-order valence-electron chi connectivity index (χ4n) is 1.47. The van der Waals surface area contributed by atoms with Crippen molar-refractivity contribution in [2.24, 2.45) is 0 Å². The molecule has 2 aromatic rings. The second-order valence-corrected chi connectivity index (χ2v) is 4.47. The number of rotatable bonds is 3. The summed E-state index contributed by atoms with van der Waals surface area (Å²) < 4.78 is 31.9. The van der Waals surface area contributed by atoms with Gasteiger partial charge >= 0.3 is 0 Å². The van der Waals surface area contributed by atoms with E-state index >= 15 is 0 Å². The molecule has 2 N–H and O–H groups in total. The van der Waals surface area contributed by atoms with Gasteiger partial charge in [0.1, 0.15) is 12.4 Å². The number of ether oxygens (including phenoxy) is 1. The highest BCUT2D eigenvalue weighted by atomic mass is 79.9. The van der Waals surface area contributed by atoms with Crippen LogP contribution >= 0.6 is 15.9 Å². The molecule has 2 nitrogen and oxygen atoms in total. The number of anilines is 1. The van der Waals surface area contributed by atoms with Crippen LogP contribution < -0.4 is 10.5 Å². The first kappa shape index (κ1) is 12.8. The lowest BCUT2D eigenvalue weighted by Gasteiger charge is -2.11. The van der Waals surface area contributed by atoms with Crippen LogP contribution in [-0.4, -0.2) is 0 Å². The molecule has 0 saturated heterocycles. The lowest BCUT2D eigenvalue weighted by atomic mass is 10.2. The van der Waals surface area contributed by atoms with Crippen LogP contribution in [0.1, 0.15) is 5.56 Å². The number of halogens is 3. The molecular formula is C13H10BrF2NO. The highest BCUT2D eigenvalue weighted by Gasteiger charge is 2.16. The minimum Gasteiger partial charge on any atom is -0.484 e. The molecule has 5 heteroatoms. The Balaban J connectivity index is 2.22. The van der Waals surface area contributed by atoms with Crippen molar-refractivity contribution in [3.05, 3.63) is 58.1 Å². The van der Waals surface area contributed by atoms with Gasteiger partial charge in [-0.2, -0.15) is 0 Å². The maximum absolute atomic E-state index is 13.7. The van der Waals surface area contributed by atoms with Crippen molar-refractivity contribution in [1.29, 1.82) is 0 Å². The van der Waals surface area contributed by atoms with Crippen molar-refractivity contribution in [2.45, 2.75) is 6.61 Å². The summed E-state index contributed by atoms with van der Waals surface area (Å²) in [7, 11) is 0. The van der Waals surface area contributed by atoms with E-state index in [0.29, 0.717) is 0 Å². The Morgan fingerprint density at radius 2 is 1.83 bits per heavy atom. The van der Waals surface area contributed by atoms with Crippen LogP contribution in [-0.2, 0) is 6.61 Å². The predicted octanol–water partition coefficient (Wildman–Crippen LogP) is 3.89. The smallest absolute Gasteiger partial charge is 0.184 e. The van der Waals surface area contributed by atoms with Gasteiger partial charge in [-0.05, 0) is 21.5 Å². The Labute approximate surface area is 112 Å². The molecule has 0 saturated carbocycles. The lowest BCUT2D eigenvalue weighted by Crippen LogP contribution is -2.02. The molecule has 0 unspecified atom stereocenters. The summed E-state index contributed by atoms with van der Waals surface area (Å²) >= 11 is 2.80. The minimum absolute atomic E-state index is 0.0656. The van der Waals surface area contributed by atoms with Crippen LogP contribution in [0, 0.1) is 11.6 Å². The Morgan fingerprint density at radius 1 is 1.17 bits per heavy atom. The van der Waals surface area contributed by atoms with E-state index in [9.17, 15) is 8.78 Å². The van der Waals surface area contributed by atoms with Gasteiger partial charge in [0, 0.05) is 6.07 Å². The van der Waals surface area contributed by atoms with Crippen molar-refractivity contribution in [1.82, 2.24) is 0 Å². The second kappa shape index (κ2) is 5.35. The van der Waals surface area contributed by atoms with Crippen LogP contribution in [0.25, 0.3) is 0 Å². The van der Waals surface area contributed by atoms with Gasteiger partial charge in [0.05, 0.1) is 10.2 Å². The summed E-state index contributed by atoms with van der Waals surface area (Å²) in [6.07, 6.45) is 0. The molecule has 0 amide bonds. The van der Waals surface area contributed by atoms with Crippen molar-refractivity contribution in [2.75, 3.05) is 5.73 Å². The van der Waals surface area contributed by atoms with Crippen molar-refractivity contribution in [3.63, 3.8) is 0 Å². The van der Waals surface area contributed by atoms with Crippen molar-refractivity contribution >= 4 is 21.6 Å². The van der Waals surface area contributed by atoms with Gasteiger partial charge in [-0.1, -0.05) is 30.3 Å². The van der Waals surface area contributed by atoms with E-state index in [1.165, 1.54) is 0 Å². The average Bonchev–Trinajstić information content (AvgIpc) is 2.37. The summed E-state index contributed by atoms with van der Waals surface area (Å²) in [6.45, 7) is 0.167. The van der Waals surface area contributed by atoms with E-state index in [0.717, 1.165) is 11.6 Å². The average molecular weight is 314 g/mol. The molecule has 2 aromatic carbocycles. The van der Waals surface area contributed by atoms with Crippen molar-refractivity contribution in [3.8, 4) is 5.75 Å². The van der Waals surface area contributed by atoms with E-state index in [1.807, 2.05) is 30.3 Å².